The van der Waals surface area contributed by atoms with Crippen LogP contribution in [0, 0.1) is 0 Å². The molecule has 3 amide bonds. The monoisotopic (exact) mass is 597 g/mol. The van der Waals surface area contributed by atoms with Crippen molar-refractivity contribution in [2.45, 2.75) is 44.2 Å². The van der Waals surface area contributed by atoms with Gasteiger partial charge < -0.3 is 40.0 Å². The number of rotatable bonds is 8. The highest BCUT2D eigenvalue weighted by Crippen LogP contribution is 2.25. The van der Waals surface area contributed by atoms with Crippen LogP contribution in [-0.2, 0) is 32.1 Å². The fraction of sp³-hybridized carbons (Fsp3) is 0.267. The predicted octanol–water partition coefficient (Wildman–Crippen LogP) is -0.533. The second-order valence-electron chi connectivity index (χ2n) is 11.1. The maximum Gasteiger partial charge on any atom is 0.491 e. The summed E-state index contributed by atoms with van der Waals surface area (Å²) in [5, 5.41) is 35.4. The van der Waals surface area contributed by atoms with E-state index in [4.69, 9.17) is 9.31 Å². The van der Waals surface area contributed by atoms with Gasteiger partial charge in [-0.3, -0.25) is 19.2 Å². The highest BCUT2D eigenvalue weighted by atomic mass is 16.5. The number of carboxylic acid groups (broad SMARTS) is 1. The second-order valence-corrected chi connectivity index (χ2v) is 11.1. The summed E-state index contributed by atoms with van der Waals surface area (Å²) in [6.07, 6.45) is -0.293. The van der Waals surface area contributed by atoms with Crippen LogP contribution in [0.2, 0.25) is 0 Å². The summed E-state index contributed by atoms with van der Waals surface area (Å²) in [5.74, 6) is -2.60. The van der Waals surface area contributed by atoms with Crippen LogP contribution in [0.5, 0.6) is 0 Å². The van der Waals surface area contributed by atoms with Crippen molar-refractivity contribution in [3.63, 3.8) is 0 Å². The largest absolute Gasteiger partial charge is 0.491 e. The number of benzene rings is 3. The quantitative estimate of drug-likeness (QED) is 0.214. The molecular formula is C30H29B2N3O9. The molecule has 3 heterocycles. The lowest BCUT2D eigenvalue weighted by Gasteiger charge is -2.26. The minimum Gasteiger partial charge on any atom is -0.481 e. The molecule has 14 heteroatoms. The van der Waals surface area contributed by atoms with E-state index in [1.54, 1.807) is 60.7 Å². The van der Waals surface area contributed by atoms with E-state index in [0.717, 1.165) is 11.1 Å². The Hall–Kier alpha value is -4.49. The Kier molecular flexibility index (Phi) is 8.23. The third-order valence-corrected chi connectivity index (χ3v) is 8.22. The summed E-state index contributed by atoms with van der Waals surface area (Å²) in [4.78, 5) is 53.8. The van der Waals surface area contributed by atoms with Crippen molar-refractivity contribution in [3.05, 3.63) is 94.5 Å². The first kappa shape index (κ1) is 29.6. The summed E-state index contributed by atoms with van der Waals surface area (Å²) in [6, 6.07) is 15.9. The summed E-state index contributed by atoms with van der Waals surface area (Å²) in [5.41, 5.74) is 3.62. The Bertz CT molecular complexity index is 1620. The Morgan fingerprint density at radius 1 is 0.886 bits per heavy atom. The van der Waals surface area contributed by atoms with Crippen LogP contribution >= 0.6 is 0 Å². The number of nitrogens with one attached hydrogen (secondary N) is 2. The molecule has 224 valence electrons. The number of hydrogen-bond donors (Lipinski definition) is 5. The number of carbonyl (C=O) groups excluding carboxylic acids is 3. The minimum atomic E-state index is -1.17. The molecule has 3 aliphatic heterocycles. The molecule has 0 radical (unpaired) electrons. The van der Waals surface area contributed by atoms with E-state index in [1.807, 2.05) is 0 Å². The van der Waals surface area contributed by atoms with Crippen molar-refractivity contribution in [2.24, 2.45) is 0 Å². The van der Waals surface area contributed by atoms with Crippen molar-refractivity contribution in [2.75, 3.05) is 6.54 Å². The lowest BCUT2D eigenvalue weighted by Crippen LogP contribution is -2.47. The third kappa shape index (κ3) is 5.97. The first-order chi connectivity index (χ1) is 21.2. The zero-order chi connectivity index (χ0) is 31.0. The number of carboxylic acids is 1. The van der Waals surface area contributed by atoms with Crippen molar-refractivity contribution in [1.29, 1.82) is 0 Å². The molecule has 6 rings (SSSR count). The van der Waals surface area contributed by atoms with Gasteiger partial charge in [0.1, 0.15) is 6.04 Å². The number of likely N-dealkylation sites (tertiary alicyclic amines) is 1. The first-order valence-corrected chi connectivity index (χ1v) is 14.2. The van der Waals surface area contributed by atoms with Gasteiger partial charge in [0.2, 0.25) is 5.91 Å². The summed E-state index contributed by atoms with van der Waals surface area (Å²) in [7, 11) is -2.29. The molecule has 3 aromatic rings. The number of nitrogens with zero attached hydrogens (tertiary/aromatic N) is 1. The van der Waals surface area contributed by atoms with Crippen LogP contribution in [0.25, 0.3) is 0 Å². The van der Waals surface area contributed by atoms with Crippen LogP contribution in [0.15, 0.2) is 66.7 Å². The van der Waals surface area contributed by atoms with Crippen LogP contribution < -0.4 is 21.6 Å². The van der Waals surface area contributed by atoms with Crippen LogP contribution in [-0.4, -0.2) is 76.6 Å². The molecular weight excluding hydrogens is 568 g/mol. The number of aliphatic carboxylic acids is 1. The van der Waals surface area contributed by atoms with Crippen LogP contribution in [0.3, 0.4) is 0 Å². The van der Waals surface area contributed by atoms with E-state index >= 15 is 0 Å². The standard InChI is InChI=1S/C30H29B2N3O9/c36-27(37)13-25(17-4-2-1-3-5-17)34-29(39)26-12-22(33-28(38)18-6-8-20-15-43-31(41)23(20)10-18)14-35(26)30(40)19-7-9-21-16-44-32(42)24(21)11-19/h1-11,22,25-26,41-42H,12-16H2,(H,33,38)(H,34,39)(H,36,37)/t22?,25-,26+/m1/s1. The Morgan fingerprint density at radius 2 is 1.50 bits per heavy atom. The number of hydrogen-bond acceptors (Lipinski definition) is 8. The molecule has 3 aromatic carbocycles. The van der Waals surface area contributed by atoms with E-state index in [1.165, 1.54) is 11.0 Å². The fourth-order valence-corrected chi connectivity index (χ4v) is 5.93. The second kappa shape index (κ2) is 12.2. The molecule has 0 aliphatic carbocycles. The summed E-state index contributed by atoms with van der Waals surface area (Å²) in [6.45, 7) is 0.459. The van der Waals surface area contributed by atoms with Crippen LogP contribution in [0.1, 0.15) is 56.3 Å². The van der Waals surface area contributed by atoms with Gasteiger partial charge in [-0.05, 0) is 58.3 Å². The van der Waals surface area contributed by atoms with E-state index in [0.29, 0.717) is 16.5 Å². The van der Waals surface area contributed by atoms with Gasteiger partial charge in [-0.15, -0.1) is 0 Å². The van der Waals surface area contributed by atoms with Gasteiger partial charge in [-0.2, -0.15) is 0 Å². The third-order valence-electron chi connectivity index (χ3n) is 8.22. The van der Waals surface area contributed by atoms with Gasteiger partial charge in [-0.1, -0.05) is 42.5 Å². The van der Waals surface area contributed by atoms with Crippen LogP contribution in [0.4, 0.5) is 0 Å². The van der Waals surface area contributed by atoms with Crippen molar-refractivity contribution in [3.8, 4) is 0 Å². The van der Waals surface area contributed by atoms with Gasteiger partial charge in [0.25, 0.3) is 11.8 Å². The topological polar surface area (TPSA) is 175 Å². The maximum atomic E-state index is 13.8. The Labute approximate surface area is 253 Å². The molecule has 0 bridgehead atoms. The Balaban J connectivity index is 1.25. The molecule has 0 spiro atoms. The van der Waals surface area contributed by atoms with E-state index in [-0.39, 0.29) is 43.7 Å². The van der Waals surface area contributed by atoms with Gasteiger partial charge >= 0.3 is 20.2 Å². The molecule has 3 aliphatic rings. The maximum absolute atomic E-state index is 13.8. The number of carbonyl (C=O) groups is 4. The van der Waals surface area contributed by atoms with Gasteiger partial charge in [-0.25, -0.2) is 0 Å². The Morgan fingerprint density at radius 3 is 2.14 bits per heavy atom. The lowest BCUT2D eigenvalue weighted by molar-refractivity contribution is -0.138. The van der Waals surface area contributed by atoms with Crippen molar-refractivity contribution < 1.29 is 43.6 Å². The highest BCUT2D eigenvalue weighted by molar-refractivity contribution is 6.62. The first-order valence-electron chi connectivity index (χ1n) is 14.2. The molecule has 44 heavy (non-hydrogen) atoms. The van der Waals surface area contributed by atoms with Gasteiger partial charge in [0, 0.05) is 23.7 Å². The summed E-state index contributed by atoms with van der Waals surface area (Å²) < 4.78 is 10.5. The lowest BCUT2D eigenvalue weighted by atomic mass is 9.78. The molecule has 1 fully saturated rings. The highest BCUT2D eigenvalue weighted by Gasteiger charge is 2.42. The van der Waals surface area contributed by atoms with E-state index in [9.17, 15) is 34.3 Å². The average Bonchev–Trinajstić information content (AvgIpc) is 3.73. The molecule has 1 unspecified atom stereocenters. The van der Waals surface area contributed by atoms with E-state index < -0.39 is 56.1 Å². The molecule has 1 saturated heterocycles. The number of amides is 3. The van der Waals surface area contributed by atoms with Gasteiger partial charge in [0.15, 0.2) is 0 Å². The molecule has 3 atom stereocenters. The fourth-order valence-electron chi connectivity index (χ4n) is 5.93. The predicted molar refractivity (Wildman–Crippen MR) is 158 cm³/mol. The summed E-state index contributed by atoms with van der Waals surface area (Å²) >= 11 is 0. The zero-order valence-corrected chi connectivity index (χ0v) is 23.5. The SMILES string of the molecule is O=C(O)C[C@@H](NC(=O)[C@@H]1CC(NC(=O)c2ccc3c(c2)B(O)OC3)CN1C(=O)c1ccc2c(c1)B(O)OC2)c1ccccc1. The molecule has 12 nitrogen and oxygen atoms in total. The smallest absolute Gasteiger partial charge is 0.481 e. The minimum absolute atomic E-state index is 0.00437. The zero-order valence-electron chi connectivity index (χ0n) is 23.5. The van der Waals surface area contributed by atoms with Gasteiger partial charge in [0.05, 0.1) is 25.7 Å². The van der Waals surface area contributed by atoms with E-state index in [2.05, 4.69) is 10.6 Å². The normalized spacial score (nSPS) is 19.4. The van der Waals surface area contributed by atoms with Crippen molar-refractivity contribution >= 4 is 48.9 Å². The molecule has 0 aromatic heterocycles. The average molecular weight is 597 g/mol. The molecule has 0 saturated carbocycles. The van der Waals surface area contributed by atoms with Crippen molar-refractivity contribution in [1.82, 2.24) is 15.5 Å². The number of fused-ring (bicyclic) bond motifs is 2. The molecule has 5 N–H and O–H groups in total.